The maximum Gasteiger partial charge on any atom is 0.261 e. The number of aliphatic hydroxyl groups excluding tert-OH is 1. The fourth-order valence-electron chi connectivity index (χ4n) is 5.69. The van der Waals surface area contributed by atoms with E-state index in [9.17, 15) is 5.11 Å². The van der Waals surface area contributed by atoms with Crippen molar-refractivity contribution >= 4 is 18.7 Å². The Kier molecular flexibility index (Phi) is 7.64. The molecule has 0 aromatic heterocycles. The summed E-state index contributed by atoms with van der Waals surface area (Å²) in [6.07, 6.45) is -0.622. The summed E-state index contributed by atoms with van der Waals surface area (Å²) in [5.41, 5.74) is -1.11. The van der Waals surface area contributed by atoms with Gasteiger partial charge in [-0.3, -0.25) is 0 Å². The Hall–Kier alpha value is -1.84. The van der Waals surface area contributed by atoms with Crippen LogP contribution in [-0.2, 0) is 23.4 Å². The molecule has 2 aromatic rings. The van der Waals surface area contributed by atoms with Crippen molar-refractivity contribution in [1.29, 1.82) is 0 Å². The van der Waals surface area contributed by atoms with Crippen molar-refractivity contribution in [3.63, 3.8) is 0 Å². The molecule has 0 bridgehead atoms. The van der Waals surface area contributed by atoms with Gasteiger partial charge in [-0.05, 0) is 43.1 Å². The van der Waals surface area contributed by atoms with Gasteiger partial charge in [0.2, 0.25) is 0 Å². The lowest BCUT2D eigenvalue weighted by Crippen LogP contribution is -2.68. The third-order valence-corrected chi connectivity index (χ3v) is 12.3. The van der Waals surface area contributed by atoms with E-state index in [4.69, 9.17) is 23.4 Å². The van der Waals surface area contributed by atoms with Gasteiger partial charge < -0.3 is 28.5 Å². The summed E-state index contributed by atoms with van der Waals surface area (Å²) in [4.78, 5) is 0. The van der Waals surface area contributed by atoms with Crippen molar-refractivity contribution in [2.75, 3.05) is 13.2 Å². The molecule has 2 fully saturated rings. The van der Waals surface area contributed by atoms with E-state index in [0.29, 0.717) is 0 Å². The minimum Gasteiger partial charge on any atom is -0.404 e. The largest absolute Gasteiger partial charge is 0.404 e. The summed E-state index contributed by atoms with van der Waals surface area (Å²) in [6.45, 7) is 18.6. The van der Waals surface area contributed by atoms with Crippen molar-refractivity contribution in [3.05, 3.63) is 73.3 Å². The standard InChI is InChI=1S/C30H42O6Si/c1-9-30(26(35-29(7,8)36-30)25(31)24-20-32-28(5,6)34-24)21-33-37(27(2,3)4,22-16-12-10-13-17-22)23-18-14-11-15-19-23/h9-19,24-26,31H,1,20-21H2,2-8H3/t24-,25-,26+,30+/m1/s1. The van der Waals surface area contributed by atoms with Crippen LogP contribution < -0.4 is 10.4 Å². The molecule has 7 heteroatoms. The minimum atomic E-state index is -2.87. The fourth-order valence-corrected chi connectivity index (χ4v) is 10.3. The second-order valence-corrected chi connectivity index (χ2v) is 16.3. The van der Waals surface area contributed by atoms with Crippen molar-refractivity contribution in [1.82, 2.24) is 0 Å². The highest BCUT2D eigenvalue weighted by atomic mass is 28.4. The molecule has 0 saturated carbocycles. The Bertz CT molecular complexity index is 1020. The molecule has 2 saturated heterocycles. The third kappa shape index (κ3) is 5.36. The summed E-state index contributed by atoms with van der Waals surface area (Å²) in [5, 5.41) is 13.6. The minimum absolute atomic E-state index is 0.159. The van der Waals surface area contributed by atoms with Crippen LogP contribution in [0.4, 0.5) is 0 Å². The van der Waals surface area contributed by atoms with E-state index >= 15 is 0 Å². The highest BCUT2D eigenvalue weighted by Crippen LogP contribution is 2.44. The summed E-state index contributed by atoms with van der Waals surface area (Å²) in [7, 11) is -2.87. The van der Waals surface area contributed by atoms with Crippen molar-refractivity contribution in [3.8, 4) is 0 Å². The molecule has 0 spiro atoms. The van der Waals surface area contributed by atoms with Gasteiger partial charge in [0.25, 0.3) is 8.32 Å². The lowest BCUT2D eigenvalue weighted by atomic mass is 9.91. The van der Waals surface area contributed by atoms with Crippen LogP contribution in [-0.4, -0.2) is 62.1 Å². The van der Waals surface area contributed by atoms with E-state index < -0.39 is 43.8 Å². The summed E-state index contributed by atoms with van der Waals surface area (Å²) in [6, 6.07) is 20.9. The zero-order valence-corrected chi connectivity index (χ0v) is 24.2. The lowest BCUT2D eigenvalue weighted by molar-refractivity contribution is -0.179. The molecule has 2 heterocycles. The Morgan fingerprint density at radius 1 is 0.973 bits per heavy atom. The average molecular weight is 527 g/mol. The van der Waals surface area contributed by atoms with Gasteiger partial charge in [-0.25, -0.2) is 0 Å². The fraction of sp³-hybridized carbons (Fsp3) is 0.533. The average Bonchev–Trinajstić information content (AvgIpc) is 3.35. The number of benzene rings is 2. The first kappa shape index (κ1) is 28.2. The van der Waals surface area contributed by atoms with Crippen LogP contribution in [0.1, 0.15) is 48.5 Å². The summed E-state index contributed by atoms with van der Waals surface area (Å²) < 4.78 is 31.8. The van der Waals surface area contributed by atoms with Gasteiger partial charge in [-0.15, -0.1) is 6.58 Å². The van der Waals surface area contributed by atoms with Gasteiger partial charge in [-0.2, -0.15) is 0 Å². The van der Waals surface area contributed by atoms with E-state index in [2.05, 4.69) is 75.9 Å². The highest BCUT2D eigenvalue weighted by molar-refractivity contribution is 6.99. The molecule has 2 aliphatic heterocycles. The number of rotatable bonds is 8. The molecule has 0 radical (unpaired) electrons. The van der Waals surface area contributed by atoms with Gasteiger partial charge in [-0.1, -0.05) is 87.5 Å². The maximum atomic E-state index is 11.5. The van der Waals surface area contributed by atoms with E-state index in [1.807, 2.05) is 39.8 Å². The number of hydrogen-bond acceptors (Lipinski definition) is 6. The monoisotopic (exact) mass is 526 g/mol. The predicted octanol–water partition coefficient (Wildman–Crippen LogP) is 4.15. The molecule has 2 aromatic carbocycles. The SMILES string of the molecule is C=C[C@@]1(CO[Si](c2ccccc2)(c2ccccc2)C(C)(C)C)OC(C)(C)O[C@H]1[C@H](O)[C@H]1COC(C)(C)O1. The van der Waals surface area contributed by atoms with Crippen molar-refractivity contribution in [2.45, 2.75) is 89.0 Å². The Morgan fingerprint density at radius 3 is 1.95 bits per heavy atom. The van der Waals surface area contributed by atoms with Crippen molar-refractivity contribution in [2.24, 2.45) is 0 Å². The predicted molar refractivity (Wildman–Crippen MR) is 147 cm³/mol. The molecule has 4 atom stereocenters. The maximum absolute atomic E-state index is 11.5. The van der Waals surface area contributed by atoms with Crippen LogP contribution in [0.15, 0.2) is 73.3 Å². The van der Waals surface area contributed by atoms with Gasteiger partial charge in [0.05, 0.1) is 13.2 Å². The van der Waals surface area contributed by atoms with Crippen LogP contribution in [0.5, 0.6) is 0 Å². The molecular weight excluding hydrogens is 484 g/mol. The topological polar surface area (TPSA) is 66.4 Å². The molecule has 1 N–H and O–H groups in total. The molecule has 202 valence electrons. The van der Waals surface area contributed by atoms with Crippen molar-refractivity contribution < 1.29 is 28.5 Å². The van der Waals surface area contributed by atoms with Gasteiger partial charge in [0.15, 0.2) is 11.6 Å². The van der Waals surface area contributed by atoms with E-state index in [0.717, 1.165) is 10.4 Å². The van der Waals surface area contributed by atoms with Crippen LogP contribution in [0, 0.1) is 0 Å². The molecule has 37 heavy (non-hydrogen) atoms. The molecule has 0 aliphatic carbocycles. The van der Waals surface area contributed by atoms with Crippen LogP contribution in [0.25, 0.3) is 0 Å². The quantitative estimate of drug-likeness (QED) is 0.412. The summed E-state index contributed by atoms with van der Waals surface area (Å²) >= 11 is 0. The van der Waals surface area contributed by atoms with Crippen LogP contribution in [0.3, 0.4) is 0 Å². The van der Waals surface area contributed by atoms with Gasteiger partial charge in [0.1, 0.15) is 23.9 Å². The second-order valence-electron chi connectivity index (χ2n) is 12.0. The highest BCUT2D eigenvalue weighted by Gasteiger charge is 2.59. The van der Waals surface area contributed by atoms with Crippen LogP contribution >= 0.6 is 0 Å². The van der Waals surface area contributed by atoms with Gasteiger partial charge >= 0.3 is 0 Å². The first-order valence-electron chi connectivity index (χ1n) is 13.0. The zero-order chi connectivity index (χ0) is 27.1. The Morgan fingerprint density at radius 2 is 1.51 bits per heavy atom. The first-order valence-corrected chi connectivity index (χ1v) is 14.9. The second kappa shape index (κ2) is 10.0. The van der Waals surface area contributed by atoms with E-state index in [-0.39, 0.29) is 18.3 Å². The van der Waals surface area contributed by atoms with E-state index in [1.54, 1.807) is 6.08 Å². The molecule has 0 unspecified atom stereocenters. The smallest absolute Gasteiger partial charge is 0.261 e. The lowest BCUT2D eigenvalue weighted by Gasteiger charge is -2.45. The number of hydrogen-bond donors (Lipinski definition) is 1. The molecule has 2 aliphatic rings. The zero-order valence-electron chi connectivity index (χ0n) is 23.2. The molecule has 0 amide bonds. The number of ether oxygens (including phenoxy) is 4. The van der Waals surface area contributed by atoms with E-state index in [1.165, 1.54) is 0 Å². The first-order chi connectivity index (χ1) is 17.3. The summed E-state index contributed by atoms with van der Waals surface area (Å²) in [5.74, 6) is -1.73. The molecular formula is C30H42O6Si. The normalized spacial score (nSPS) is 28.2. The molecule has 4 rings (SSSR count). The Labute approximate surface area is 222 Å². The number of aliphatic hydroxyl groups is 1. The van der Waals surface area contributed by atoms with Gasteiger partial charge in [0, 0.05) is 0 Å². The van der Waals surface area contributed by atoms with Crippen LogP contribution in [0.2, 0.25) is 5.04 Å². The third-order valence-electron chi connectivity index (χ3n) is 7.33. The molecule has 6 nitrogen and oxygen atoms in total. The Balaban J connectivity index is 1.75.